The van der Waals surface area contributed by atoms with E-state index in [0.29, 0.717) is 39.8 Å². The maximum absolute atomic E-state index is 12.9. The van der Waals surface area contributed by atoms with Crippen molar-refractivity contribution in [1.82, 2.24) is 14.7 Å². The topological polar surface area (TPSA) is 97.4 Å². The normalized spacial score (nSPS) is 14.2. The molecule has 0 unspecified atom stereocenters. The second kappa shape index (κ2) is 10.0. The Morgan fingerprint density at radius 2 is 1.94 bits per heavy atom. The van der Waals surface area contributed by atoms with Crippen LogP contribution in [0.3, 0.4) is 0 Å². The second-order valence-electron chi connectivity index (χ2n) is 7.86. The van der Waals surface area contributed by atoms with E-state index in [9.17, 15) is 10.1 Å². The fraction of sp³-hybridized carbons (Fsp3) is 0.292. The van der Waals surface area contributed by atoms with Crippen molar-refractivity contribution < 1.29 is 9.90 Å². The Morgan fingerprint density at radius 1 is 1.18 bits per heavy atom. The first-order valence-corrected chi connectivity index (χ1v) is 11.1. The fourth-order valence-corrected chi connectivity index (χ4v) is 4.25. The molecule has 0 radical (unpaired) electrons. The summed E-state index contributed by atoms with van der Waals surface area (Å²) in [5.74, 6) is -0.305. The number of carbonyl (C=O) groups excluding carboxylic acids is 1. The lowest BCUT2D eigenvalue weighted by molar-refractivity contribution is 0.102. The summed E-state index contributed by atoms with van der Waals surface area (Å²) in [4.78, 5) is 17.3. The molecule has 2 heterocycles. The van der Waals surface area contributed by atoms with Gasteiger partial charge in [0, 0.05) is 38.4 Å². The lowest BCUT2D eigenvalue weighted by Gasteiger charge is -2.36. The Kier molecular flexibility index (Phi) is 6.94. The van der Waals surface area contributed by atoms with E-state index in [2.05, 4.69) is 26.3 Å². The number of β-amino-alcohol motifs (C(OH)–C–C–N with tert-alkyl or cyclic N) is 1. The van der Waals surface area contributed by atoms with E-state index in [1.165, 1.54) is 6.20 Å². The Morgan fingerprint density at radius 3 is 2.64 bits per heavy atom. The summed E-state index contributed by atoms with van der Waals surface area (Å²) < 4.78 is 1.64. The zero-order valence-electron chi connectivity index (χ0n) is 18.3. The molecule has 0 bridgehead atoms. The van der Waals surface area contributed by atoms with Crippen LogP contribution in [0.5, 0.6) is 0 Å². The summed E-state index contributed by atoms with van der Waals surface area (Å²) in [7, 11) is 0. The summed E-state index contributed by atoms with van der Waals surface area (Å²) in [6, 6.07) is 14.9. The van der Waals surface area contributed by atoms with Crippen LogP contribution in [0.15, 0.2) is 48.7 Å². The van der Waals surface area contributed by atoms with Crippen molar-refractivity contribution in [3.8, 4) is 11.8 Å². The number of piperazine rings is 1. The summed E-state index contributed by atoms with van der Waals surface area (Å²) in [6.45, 7) is 5.84. The molecule has 1 aliphatic heterocycles. The van der Waals surface area contributed by atoms with E-state index < -0.39 is 0 Å². The standard InChI is InChI=1S/C24H25ClN6O2/c1-17-20(16-27-31(17)23-5-3-2-4-21(23)25)24(33)28-19-6-7-22(18(14-19)15-26)30-10-8-29(9-11-30)12-13-32/h2-7,14,16,32H,8-13H2,1H3,(H,28,33). The smallest absolute Gasteiger partial charge is 0.259 e. The van der Waals surface area contributed by atoms with E-state index in [-0.39, 0.29) is 12.5 Å². The largest absolute Gasteiger partial charge is 0.395 e. The van der Waals surface area contributed by atoms with Crippen LogP contribution >= 0.6 is 11.6 Å². The lowest BCUT2D eigenvalue weighted by Crippen LogP contribution is -2.47. The van der Waals surface area contributed by atoms with Gasteiger partial charge in [-0.1, -0.05) is 23.7 Å². The number of hydrogen-bond donors (Lipinski definition) is 2. The van der Waals surface area contributed by atoms with Crippen molar-refractivity contribution in [2.24, 2.45) is 0 Å². The van der Waals surface area contributed by atoms with Gasteiger partial charge in [0.05, 0.1) is 46.0 Å². The molecular formula is C24H25ClN6O2. The Labute approximate surface area is 197 Å². The molecule has 0 atom stereocenters. The minimum atomic E-state index is -0.305. The van der Waals surface area contributed by atoms with Gasteiger partial charge in [-0.2, -0.15) is 10.4 Å². The minimum absolute atomic E-state index is 0.147. The highest BCUT2D eigenvalue weighted by molar-refractivity contribution is 6.32. The number of hydrogen-bond acceptors (Lipinski definition) is 6. The third kappa shape index (κ3) is 4.86. The monoisotopic (exact) mass is 464 g/mol. The molecule has 170 valence electrons. The van der Waals surface area contributed by atoms with Crippen LogP contribution in [-0.2, 0) is 0 Å². The van der Waals surface area contributed by atoms with Crippen LogP contribution in [0.1, 0.15) is 21.6 Å². The molecule has 9 heteroatoms. The number of carbonyl (C=O) groups is 1. The fourth-order valence-electron chi connectivity index (χ4n) is 4.03. The van der Waals surface area contributed by atoms with Gasteiger partial charge in [0.2, 0.25) is 0 Å². The minimum Gasteiger partial charge on any atom is -0.395 e. The Balaban J connectivity index is 1.49. The predicted molar refractivity (Wildman–Crippen MR) is 128 cm³/mol. The molecule has 1 aliphatic rings. The summed E-state index contributed by atoms with van der Waals surface area (Å²) >= 11 is 6.28. The number of aliphatic hydroxyl groups is 1. The third-order valence-electron chi connectivity index (χ3n) is 5.84. The van der Waals surface area contributed by atoms with E-state index in [0.717, 1.165) is 31.9 Å². The molecular weight excluding hydrogens is 440 g/mol. The number of para-hydroxylation sites is 1. The van der Waals surface area contributed by atoms with Gasteiger partial charge in [0.25, 0.3) is 5.91 Å². The second-order valence-corrected chi connectivity index (χ2v) is 8.26. The predicted octanol–water partition coefficient (Wildman–Crippen LogP) is 3.07. The average Bonchev–Trinajstić information content (AvgIpc) is 3.21. The first-order chi connectivity index (χ1) is 16.0. The van der Waals surface area contributed by atoms with Gasteiger partial charge >= 0.3 is 0 Å². The summed E-state index contributed by atoms with van der Waals surface area (Å²) in [5.41, 5.74) is 3.69. The van der Waals surface area contributed by atoms with Crippen molar-refractivity contribution in [1.29, 1.82) is 5.26 Å². The molecule has 1 saturated heterocycles. The highest BCUT2D eigenvalue weighted by Gasteiger charge is 2.20. The van der Waals surface area contributed by atoms with Crippen LogP contribution in [0, 0.1) is 18.3 Å². The molecule has 0 saturated carbocycles. The maximum atomic E-state index is 12.9. The zero-order chi connectivity index (χ0) is 23.4. The van der Waals surface area contributed by atoms with Crippen molar-refractivity contribution in [3.05, 3.63) is 70.5 Å². The number of rotatable bonds is 6. The van der Waals surface area contributed by atoms with Crippen molar-refractivity contribution >= 4 is 28.9 Å². The quantitative estimate of drug-likeness (QED) is 0.582. The zero-order valence-corrected chi connectivity index (χ0v) is 19.1. The molecule has 2 aromatic carbocycles. The average molecular weight is 465 g/mol. The number of anilines is 2. The van der Waals surface area contributed by atoms with Crippen LogP contribution in [0.4, 0.5) is 11.4 Å². The van der Waals surface area contributed by atoms with Gasteiger partial charge in [-0.3, -0.25) is 9.69 Å². The number of amides is 1. The number of nitrogens with one attached hydrogen (secondary N) is 1. The number of nitriles is 1. The van der Waals surface area contributed by atoms with Crippen LogP contribution in [-0.4, -0.2) is 65.0 Å². The van der Waals surface area contributed by atoms with E-state index >= 15 is 0 Å². The molecule has 0 aliphatic carbocycles. The molecule has 4 rings (SSSR count). The number of benzene rings is 2. The van der Waals surface area contributed by atoms with E-state index in [1.807, 2.05) is 37.3 Å². The Bertz CT molecular complexity index is 1190. The molecule has 0 spiro atoms. The Hall–Kier alpha value is -3.38. The maximum Gasteiger partial charge on any atom is 0.259 e. The van der Waals surface area contributed by atoms with Crippen LogP contribution in [0.2, 0.25) is 5.02 Å². The molecule has 1 aromatic heterocycles. The van der Waals surface area contributed by atoms with E-state index in [4.69, 9.17) is 16.7 Å². The van der Waals surface area contributed by atoms with Gasteiger partial charge in [-0.05, 0) is 37.3 Å². The number of halogens is 1. The van der Waals surface area contributed by atoms with Gasteiger partial charge in [-0.25, -0.2) is 4.68 Å². The van der Waals surface area contributed by atoms with Gasteiger partial charge in [-0.15, -0.1) is 0 Å². The summed E-state index contributed by atoms with van der Waals surface area (Å²) in [5, 5.41) is 26.6. The molecule has 2 N–H and O–H groups in total. The van der Waals surface area contributed by atoms with Gasteiger partial charge < -0.3 is 15.3 Å². The third-order valence-corrected chi connectivity index (χ3v) is 6.16. The molecule has 1 amide bonds. The van der Waals surface area contributed by atoms with E-state index in [1.54, 1.807) is 16.8 Å². The molecule has 8 nitrogen and oxygen atoms in total. The highest BCUT2D eigenvalue weighted by Crippen LogP contribution is 2.26. The van der Waals surface area contributed by atoms with Crippen molar-refractivity contribution in [2.45, 2.75) is 6.92 Å². The van der Waals surface area contributed by atoms with Crippen LogP contribution < -0.4 is 10.2 Å². The number of aliphatic hydroxyl groups excluding tert-OH is 1. The highest BCUT2D eigenvalue weighted by atomic mass is 35.5. The lowest BCUT2D eigenvalue weighted by atomic mass is 10.1. The first kappa shape index (κ1) is 22.8. The van der Waals surface area contributed by atoms with Gasteiger partial charge in [0.15, 0.2) is 0 Å². The first-order valence-electron chi connectivity index (χ1n) is 10.7. The summed E-state index contributed by atoms with van der Waals surface area (Å²) in [6.07, 6.45) is 1.51. The molecule has 3 aromatic rings. The van der Waals surface area contributed by atoms with Crippen molar-refractivity contribution in [3.63, 3.8) is 0 Å². The van der Waals surface area contributed by atoms with Crippen LogP contribution in [0.25, 0.3) is 5.69 Å². The van der Waals surface area contributed by atoms with Gasteiger partial charge in [0.1, 0.15) is 6.07 Å². The SMILES string of the molecule is Cc1c(C(=O)Nc2ccc(N3CCN(CCO)CC3)c(C#N)c2)cnn1-c1ccccc1Cl. The number of aromatic nitrogens is 2. The van der Waals surface area contributed by atoms with Crippen molar-refractivity contribution in [2.75, 3.05) is 49.5 Å². The number of nitrogens with zero attached hydrogens (tertiary/aromatic N) is 5. The molecule has 1 fully saturated rings. The molecule has 33 heavy (non-hydrogen) atoms.